The summed E-state index contributed by atoms with van der Waals surface area (Å²) in [6, 6.07) is 6.05. The molecule has 1 aromatic rings. The predicted molar refractivity (Wildman–Crippen MR) is 78.3 cm³/mol. The maximum atomic E-state index is 12.6. The minimum Gasteiger partial charge on any atom is -0.334 e. The van der Waals surface area contributed by atoms with E-state index >= 15 is 0 Å². The number of likely N-dealkylation sites (tertiary alicyclic amines) is 1. The van der Waals surface area contributed by atoms with Crippen LogP contribution in [0.2, 0.25) is 0 Å². The fourth-order valence-electron chi connectivity index (χ4n) is 2.39. The molecule has 2 nitrogen and oxygen atoms in total. The minimum atomic E-state index is 0.0934. The standard InChI is InChI=1S/C14H17BrClNO/c1-10-5-6-13(15)12(8-10)14(18)17-7-3-2-4-11(17)9-16/h5-6,8,11H,2-4,7,9H2,1H3. The molecule has 98 valence electrons. The Morgan fingerprint density at radius 1 is 1.50 bits per heavy atom. The smallest absolute Gasteiger partial charge is 0.255 e. The van der Waals surface area contributed by atoms with Crippen molar-refractivity contribution < 1.29 is 4.79 Å². The van der Waals surface area contributed by atoms with Gasteiger partial charge >= 0.3 is 0 Å². The van der Waals surface area contributed by atoms with Crippen molar-refractivity contribution in [1.82, 2.24) is 4.90 Å². The molecule has 0 saturated carbocycles. The average molecular weight is 331 g/mol. The second kappa shape index (κ2) is 6.07. The van der Waals surface area contributed by atoms with E-state index in [1.807, 2.05) is 30.0 Å². The van der Waals surface area contributed by atoms with Crippen LogP contribution in [-0.2, 0) is 0 Å². The van der Waals surface area contributed by atoms with E-state index in [0.717, 1.165) is 41.4 Å². The molecule has 1 amide bonds. The molecular weight excluding hydrogens is 314 g/mol. The topological polar surface area (TPSA) is 20.3 Å². The van der Waals surface area contributed by atoms with Crippen LogP contribution in [0.25, 0.3) is 0 Å². The van der Waals surface area contributed by atoms with Crippen LogP contribution < -0.4 is 0 Å². The lowest BCUT2D eigenvalue weighted by atomic mass is 10.0. The molecule has 1 fully saturated rings. The highest BCUT2D eigenvalue weighted by molar-refractivity contribution is 9.10. The first kappa shape index (κ1) is 13.9. The van der Waals surface area contributed by atoms with Crippen molar-refractivity contribution in [2.75, 3.05) is 12.4 Å². The molecule has 0 aliphatic carbocycles. The van der Waals surface area contributed by atoms with E-state index < -0.39 is 0 Å². The van der Waals surface area contributed by atoms with E-state index in [1.165, 1.54) is 0 Å². The Kier molecular flexibility index (Phi) is 4.68. The normalized spacial score (nSPS) is 19.9. The highest BCUT2D eigenvalue weighted by atomic mass is 79.9. The SMILES string of the molecule is Cc1ccc(Br)c(C(=O)N2CCCCC2CCl)c1. The third-order valence-electron chi connectivity index (χ3n) is 3.42. The molecule has 2 rings (SSSR count). The summed E-state index contributed by atoms with van der Waals surface area (Å²) in [5.74, 6) is 0.616. The summed E-state index contributed by atoms with van der Waals surface area (Å²) in [5, 5.41) is 0. The largest absolute Gasteiger partial charge is 0.334 e. The fourth-order valence-corrected chi connectivity index (χ4v) is 3.12. The molecule has 0 spiro atoms. The molecule has 4 heteroatoms. The van der Waals surface area contributed by atoms with Gasteiger partial charge in [-0.3, -0.25) is 4.79 Å². The number of hydrogen-bond donors (Lipinski definition) is 0. The summed E-state index contributed by atoms with van der Waals surface area (Å²) in [5.41, 5.74) is 1.84. The van der Waals surface area contributed by atoms with E-state index in [9.17, 15) is 4.79 Å². The molecule has 1 atom stereocenters. The van der Waals surface area contributed by atoms with Crippen molar-refractivity contribution in [1.29, 1.82) is 0 Å². The fraction of sp³-hybridized carbons (Fsp3) is 0.500. The Bertz CT molecular complexity index is 449. The average Bonchev–Trinajstić information content (AvgIpc) is 2.40. The number of benzene rings is 1. The molecule has 18 heavy (non-hydrogen) atoms. The van der Waals surface area contributed by atoms with E-state index in [-0.39, 0.29) is 11.9 Å². The van der Waals surface area contributed by atoms with E-state index in [4.69, 9.17) is 11.6 Å². The summed E-state index contributed by atoms with van der Waals surface area (Å²) in [4.78, 5) is 14.5. The predicted octanol–water partition coefficient (Wildman–Crippen LogP) is 3.99. The van der Waals surface area contributed by atoms with Gasteiger partial charge in [0.2, 0.25) is 0 Å². The van der Waals surface area contributed by atoms with Gasteiger partial charge in [-0.05, 0) is 54.2 Å². The number of amides is 1. The van der Waals surface area contributed by atoms with Gasteiger partial charge in [-0.2, -0.15) is 0 Å². The molecule has 0 bridgehead atoms. The van der Waals surface area contributed by atoms with Crippen LogP contribution >= 0.6 is 27.5 Å². The lowest BCUT2D eigenvalue weighted by Gasteiger charge is -2.35. The van der Waals surface area contributed by atoms with Gasteiger partial charge in [0.25, 0.3) is 5.91 Å². The third kappa shape index (κ3) is 2.89. The van der Waals surface area contributed by atoms with Crippen LogP contribution in [0.5, 0.6) is 0 Å². The summed E-state index contributed by atoms with van der Waals surface area (Å²) < 4.78 is 0.858. The lowest BCUT2D eigenvalue weighted by molar-refractivity contribution is 0.0638. The van der Waals surface area contributed by atoms with Crippen molar-refractivity contribution in [2.24, 2.45) is 0 Å². The van der Waals surface area contributed by atoms with Gasteiger partial charge in [-0.1, -0.05) is 11.6 Å². The van der Waals surface area contributed by atoms with Crippen molar-refractivity contribution in [3.05, 3.63) is 33.8 Å². The van der Waals surface area contributed by atoms with Crippen LogP contribution in [0, 0.1) is 6.92 Å². The summed E-state index contributed by atoms with van der Waals surface area (Å²) in [7, 11) is 0. The van der Waals surface area contributed by atoms with Crippen LogP contribution in [0.3, 0.4) is 0 Å². The third-order valence-corrected chi connectivity index (χ3v) is 4.47. The number of halogens is 2. The number of rotatable bonds is 2. The van der Waals surface area contributed by atoms with Gasteiger partial charge in [-0.15, -0.1) is 11.6 Å². The van der Waals surface area contributed by atoms with Crippen molar-refractivity contribution in [3.63, 3.8) is 0 Å². The maximum absolute atomic E-state index is 12.6. The molecule has 1 saturated heterocycles. The quantitative estimate of drug-likeness (QED) is 0.751. The highest BCUT2D eigenvalue weighted by Gasteiger charge is 2.27. The Balaban J connectivity index is 2.26. The van der Waals surface area contributed by atoms with E-state index in [1.54, 1.807) is 0 Å². The zero-order valence-electron chi connectivity index (χ0n) is 10.5. The highest BCUT2D eigenvalue weighted by Crippen LogP contribution is 2.25. The number of nitrogens with zero attached hydrogens (tertiary/aromatic N) is 1. The number of hydrogen-bond acceptors (Lipinski definition) is 1. The van der Waals surface area contributed by atoms with E-state index in [2.05, 4.69) is 15.9 Å². The van der Waals surface area contributed by atoms with Crippen molar-refractivity contribution in [2.45, 2.75) is 32.2 Å². The van der Waals surface area contributed by atoms with Crippen LogP contribution in [0.1, 0.15) is 35.2 Å². The van der Waals surface area contributed by atoms with Crippen LogP contribution in [-0.4, -0.2) is 29.3 Å². The molecule has 0 N–H and O–H groups in total. The first-order valence-corrected chi connectivity index (χ1v) is 7.59. The second-order valence-electron chi connectivity index (χ2n) is 4.79. The van der Waals surface area contributed by atoms with Gasteiger partial charge in [-0.25, -0.2) is 0 Å². The number of aryl methyl sites for hydroxylation is 1. The Labute approximate surface area is 121 Å². The Morgan fingerprint density at radius 3 is 3.00 bits per heavy atom. The zero-order valence-corrected chi connectivity index (χ0v) is 12.8. The van der Waals surface area contributed by atoms with Crippen molar-refractivity contribution >= 4 is 33.4 Å². The molecule has 1 heterocycles. The first-order chi connectivity index (χ1) is 8.63. The minimum absolute atomic E-state index is 0.0934. The zero-order chi connectivity index (χ0) is 13.1. The Morgan fingerprint density at radius 2 is 2.28 bits per heavy atom. The molecule has 1 unspecified atom stereocenters. The van der Waals surface area contributed by atoms with Gasteiger partial charge in [0.15, 0.2) is 0 Å². The van der Waals surface area contributed by atoms with Gasteiger partial charge < -0.3 is 4.90 Å². The second-order valence-corrected chi connectivity index (χ2v) is 5.95. The van der Waals surface area contributed by atoms with Crippen LogP contribution in [0.15, 0.2) is 22.7 Å². The molecular formula is C14H17BrClNO. The number of alkyl halides is 1. The van der Waals surface area contributed by atoms with Crippen LogP contribution in [0.4, 0.5) is 0 Å². The Hall–Kier alpha value is -0.540. The first-order valence-electron chi connectivity index (χ1n) is 6.26. The van der Waals surface area contributed by atoms with E-state index in [0.29, 0.717) is 5.88 Å². The van der Waals surface area contributed by atoms with Gasteiger partial charge in [0.05, 0.1) is 5.56 Å². The van der Waals surface area contributed by atoms with Gasteiger partial charge in [0, 0.05) is 22.9 Å². The molecule has 1 aliphatic heterocycles. The molecule has 0 radical (unpaired) electrons. The number of carbonyl (C=O) groups excluding carboxylic acids is 1. The monoisotopic (exact) mass is 329 g/mol. The lowest BCUT2D eigenvalue weighted by Crippen LogP contribution is -2.44. The summed E-state index contributed by atoms with van der Waals surface area (Å²) >= 11 is 9.43. The molecule has 0 aromatic heterocycles. The van der Waals surface area contributed by atoms with Crippen molar-refractivity contribution in [3.8, 4) is 0 Å². The summed E-state index contributed by atoms with van der Waals surface area (Å²) in [6.45, 7) is 2.81. The molecule has 1 aliphatic rings. The number of carbonyl (C=O) groups is 1. The summed E-state index contributed by atoms with van der Waals surface area (Å²) in [6.07, 6.45) is 3.25. The maximum Gasteiger partial charge on any atom is 0.255 e. The van der Waals surface area contributed by atoms with Gasteiger partial charge in [0.1, 0.15) is 0 Å². The number of piperidine rings is 1. The molecule has 1 aromatic carbocycles.